The van der Waals surface area contributed by atoms with Crippen LogP contribution in [0, 0.1) is 6.92 Å². The lowest BCUT2D eigenvalue weighted by Crippen LogP contribution is -2.06. The van der Waals surface area contributed by atoms with Gasteiger partial charge in [-0.2, -0.15) is 0 Å². The zero-order chi connectivity index (χ0) is 16.1. The van der Waals surface area contributed by atoms with E-state index in [0.717, 1.165) is 24.4 Å². The summed E-state index contributed by atoms with van der Waals surface area (Å²) in [5, 5.41) is 3.62. The molecule has 0 aliphatic heterocycles. The Kier molecular flexibility index (Phi) is 4.96. The van der Waals surface area contributed by atoms with Gasteiger partial charge >= 0.3 is 0 Å². The molecule has 2 aromatic heterocycles. The van der Waals surface area contributed by atoms with Crippen molar-refractivity contribution in [1.29, 1.82) is 0 Å². The highest BCUT2D eigenvalue weighted by Gasteiger charge is 2.13. The first-order valence-corrected chi connectivity index (χ1v) is 8.54. The normalized spacial score (nSPS) is 11.0. The Balaban J connectivity index is 1.89. The second-order valence-corrected chi connectivity index (χ2v) is 6.06. The maximum Gasteiger partial charge on any atom is 0.138 e. The largest absolute Gasteiger partial charge is 0.366 e. The van der Waals surface area contributed by atoms with E-state index < -0.39 is 0 Å². The second-order valence-electron chi connectivity index (χ2n) is 6.06. The third-order valence-corrected chi connectivity index (χ3v) is 4.23. The van der Waals surface area contributed by atoms with Gasteiger partial charge in [-0.15, -0.1) is 0 Å². The quantitative estimate of drug-likeness (QED) is 0.623. The number of aryl methyl sites for hydroxylation is 2. The van der Waals surface area contributed by atoms with Crippen molar-refractivity contribution in [2.75, 3.05) is 5.32 Å². The summed E-state index contributed by atoms with van der Waals surface area (Å²) in [5.74, 6) is 1.15. The van der Waals surface area contributed by atoms with E-state index >= 15 is 0 Å². The molecule has 0 saturated carbocycles. The van der Waals surface area contributed by atoms with E-state index in [0.29, 0.717) is 0 Å². The Labute approximate surface area is 138 Å². The minimum atomic E-state index is 0.823. The van der Waals surface area contributed by atoms with E-state index in [1.807, 2.05) is 0 Å². The van der Waals surface area contributed by atoms with Gasteiger partial charge in [0, 0.05) is 12.2 Å². The molecule has 1 N–H and O–H groups in total. The van der Waals surface area contributed by atoms with Gasteiger partial charge in [0.15, 0.2) is 0 Å². The number of nitrogens with zero attached hydrogens (tertiary/aromatic N) is 2. The molecule has 0 aliphatic carbocycles. The molecule has 0 spiro atoms. The van der Waals surface area contributed by atoms with E-state index in [9.17, 15) is 0 Å². The fraction of sp³-hybridized carbons (Fsp3) is 0.350. The number of aromatic nitrogens is 2. The van der Waals surface area contributed by atoms with Crippen LogP contribution in [-0.4, -0.2) is 9.38 Å². The Morgan fingerprint density at radius 3 is 2.61 bits per heavy atom. The lowest BCUT2D eigenvalue weighted by atomic mass is 10.1. The predicted octanol–water partition coefficient (Wildman–Crippen LogP) is 4.99. The van der Waals surface area contributed by atoms with Crippen molar-refractivity contribution in [3.63, 3.8) is 0 Å². The first kappa shape index (κ1) is 15.6. The predicted molar refractivity (Wildman–Crippen MR) is 96.9 cm³/mol. The van der Waals surface area contributed by atoms with Crippen LogP contribution in [0.2, 0.25) is 0 Å². The summed E-state index contributed by atoms with van der Waals surface area (Å²) >= 11 is 0. The number of hydrogen-bond acceptors (Lipinski definition) is 2. The van der Waals surface area contributed by atoms with E-state index in [2.05, 4.69) is 72.1 Å². The standard InChI is InChI=1S/C20H25N3/c1-3-4-6-13-18-20(21-15-17-11-7-5-8-12-17)23-16(2)10-9-14-19(23)22-18/h5,7-12,14,21H,3-4,6,13,15H2,1-2H3. The molecule has 3 heteroatoms. The lowest BCUT2D eigenvalue weighted by molar-refractivity contribution is 0.710. The van der Waals surface area contributed by atoms with Crippen LogP contribution < -0.4 is 5.32 Å². The summed E-state index contributed by atoms with van der Waals surface area (Å²) in [6, 6.07) is 16.8. The van der Waals surface area contributed by atoms with E-state index in [1.165, 1.54) is 36.2 Å². The molecule has 2 heterocycles. The molecule has 23 heavy (non-hydrogen) atoms. The average Bonchev–Trinajstić information content (AvgIpc) is 2.93. The van der Waals surface area contributed by atoms with Crippen LogP contribution in [-0.2, 0) is 13.0 Å². The van der Waals surface area contributed by atoms with Gasteiger partial charge in [-0.1, -0.05) is 56.2 Å². The molecule has 120 valence electrons. The number of benzene rings is 1. The van der Waals surface area contributed by atoms with Gasteiger partial charge in [-0.05, 0) is 37.5 Å². The molecular weight excluding hydrogens is 282 g/mol. The molecule has 0 fully saturated rings. The van der Waals surface area contributed by atoms with Gasteiger partial charge < -0.3 is 5.32 Å². The van der Waals surface area contributed by atoms with Crippen molar-refractivity contribution in [3.8, 4) is 0 Å². The van der Waals surface area contributed by atoms with Crippen molar-refractivity contribution in [2.24, 2.45) is 0 Å². The molecule has 1 aromatic carbocycles. The zero-order valence-electron chi connectivity index (χ0n) is 14.0. The van der Waals surface area contributed by atoms with Gasteiger partial charge in [0.05, 0.1) is 5.69 Å². The van der Waals surface area contributed by atoms with Gasteiger partial charge in [0.2, 0.25) is 0 Å². The van der Waals surface area contributed by atoms with Crippen LogP contribution in [0.5, 0.6) is 0 Å². The van der Waals surface area contributed by atoms with E-state index in [4.69, 9.17) is 4.98 Å². The maximum atomic E-state index is 4.86. The van der Waals surface area contributed by atoms with Gasteiger partial charge in [0.1, 0.15) is 11.5 Å². The monoisotopic (exact) mass is 307 g/mol. The van der Waals surface area contributed by atoms with Gasteiger partial charge in [0.25, 0.3) is 0 Å². The molecule has 3 rings (SSSR count). The molecule has 0 atom stereocenters. The lowest BCUT2D eigenvalue weighted by Gasteiger charge is -2.10. The Hall–Kier alpha value is -2.29. The number of pyridine rings is 1. The smallest absolute Gasteiger partial charge is 0.138 e. The van der Waals surface area contributed by atoms with Crippen LogP contribution in [0.25, 0.3) is 5.65 Å². The number of imidazole rings is 1. The summed E-state index contributed by atoms with van der Waals surface area (Å²) in [5.41, 5.74) is 4.72. The molecule has 3 nitrogen and oxygen atoms in total. The Bertz CT molecular complexity index is 759. The Morgan fingerprint density at radius 2 is 1.83 bits per heavy atom. The van der Waals surface area contributed by atoms with Crippen LogP contribution >= 0.6 is 0 Å². The summed E-state index contributed by atoms with van der Waals surface area (Å²) in [6.45, 7) is 5.20. The summed E-state index contributed by atoms with van der Waals surface area (Å²) in [4.78, 5) is 4.86. The van der Waals surface area contributed by atoms with Crippen LogP contribution in [0.1, 0.15) is 43.1 Å². The fourth-order valence-corrected chi connectivity index (χ4v) is 2.98. The highest BCUT2D eigenvalue weighted by atomic mass is 15.1. The number of hydrogen-bond donors (Lipinski definition) is 1. The third-order valence-electron chi connectivity index (χ3n) is 4.23. The first-order chi connectivity index (χ1) is 11.3. The number of fused-ring (bicyclic) bond motifs is 1. The molecule has 0 radical (unpaired) electrons. The van der Waals surface area contributed by atoms with Crippen molar-refractivity contribution < 1.29 is 0 Å². The number of nitrogens with one attached hydrogen (secondary N) is 1. The zero-order valence-corrected chi connectivity index (χ0v) is 14.0. The van der Waals surface area contributed by atoms with E-state index in [-0.39, 0.29) is 0 Å². The minimum Gasteiger partial charge on any atom is -0.366 e. The van der Waals surface area contributed by atoms with Crippen molar-refractivity contribution in [3.05, 3.63) is 65.5 Å². The van der Waals surface area contributed by atoms with E-state index in [1.54, 1.807) is 0 Å². The molecule has 3 aromatic rings. The summed E-state index contributed by atoms with van der Waals surface area (Å²) in [6.07, 6.45) is 4.72. The second kappa shape index (κ2) is 7.32. The summed E-state index contributed by atoms with van der Waals surface area (Å²) in [7, 11) is 0. The number of anilines is 1. The van der Waals surface area contributed by atoms with Gasteiger partial charge in [-0.3, -0.25) is 4.40 Å². The van der Waals surface area contributed by atoms with Crippen LogP contribution in [0.15, 0.2) is 48.5 Å². The van der Waals surface area contributed by atoms with Crippen molar-refractivity contribution in [1.82, 2.24) is 9.38 Å². The van der Waals surface area contributed by atoms with Crippen LogP contribution in [0.3, 0.4) is 0 Å². The fourth-order valence-electron chi connectivity index (χ4n) is 2.98. The third kappa shape index (κ3) is 3.55. The minimum absolute atomic E-state index is 0.823. The molecule has 0 unspecified atom stereocenters. The van der Waals surface area contributed by atoms with Crippen molar-refractivity contribution in [2.45, 2.75) is 46.1 Å². The molecule has 0 amide bonds. The highest BCUT2D eigenvalue weighted by molar-refractivity contribution is 5.56. The van der Waals surface area contributed by atoms with Gasteiger partial charge in [-0.25, -0.2) is 4.98 Å². The Morgan fingerprint density at radius 1 is 1.00 bits per heavy atom. The number of unbranched alkanes of at least 4 members (excludes halogenated alkanes) is 2. The molecular formula is C20H25N3. The molecule has 0 bridgehead atoms. The average molecular weight is 307 g/mol. The highest BCUT2D eigenvalue weighted by Crippen LogP contribution is 2.23. The summed E-state index contributed by atoms with van der Waals surface area (Å²) < 4.78 is 2.24. The topological polar surface area (TPSA) is 29.3 Å². The SMILES string of the molecule is CCCCCc1nc2cccc(C)n2c1NCc1ccccc1. The molecule has 0 saturated heterocycles. The maximum absolute atomic E-state index is 4.86. The van der Waals surface area contributed by atoms with Crippen molar-refractivity contribution >= 4 is 11.5 Å². The van der Waals surface area contributed by atoms with Crippen LogP contribution in [0.4, 0.5) is 5.82 Å². The molecule has 0 aliphatic rings. The first-order valence-electron chi connectivity index (χ1n) is 8.54. The number of rotatable bonds is 7.